The van der Waals surface area contributed by atoms with Gasteiger partial charge in [0.1, 0.15) is 5.84 Å². The van der Waals surface area contributed by atoms with Crippen molar-refractivity contribution >= 4 is 11.7 Å². The Balaban J connectivity index is 2.39. The summed E-state index contributed by atoms with van der Waals surface area (Å²) in [6.07, 6.45) is 2.28. The van der Waals surface area contributed by atoms with E-state index in [0.717, 1.165) is 12.8 Å². The summed E-state index contributed by atoms with van der Waals surface area (Å²) in [6.45, 7) is 3.99. The number of oxime groups is 1. The van der Waals surface area contributed by atoms with Gasteiger partial charge in [0.25, 0.3) is 0 Å². The predicted octanol–water partition coefficient (Wildman–Crippen LogP) is 0.428. The van der Waals surface area contributed by atoms with Crippen LogP contribution in [0.5, 0.6) is 0 Å². The molecule has 1 aliphatic carbocycles. The molecular formula is C9H17N3O2. The van der Waals surface area contributed by atoms with Crippen molar-refractivity contribution in [2.24, 2.45) is 16.8 Å². The van der Waals surface area contributed by atoms with Gasteiger partial charge < -0.3 is 16.3 Å². The standard InChI is InChI=1S/C9H17N3O2/c1-9(2,6-3-4-6)11-8(13)5-7(10)12-14/h6,14H,3-5H2,1-2H3,(H2,10,12)(H,11,13). The van der Waals surface area contributed by atoms with Crippen molar-refractivity contribution < 1.29 is 10.0 Å². The lowest BCUT2D eigenvalue weighted by Gasteiger charge is -2.25. The highest BCUT2D eigenvalue weighted by atomic mass is 16.4. The van der Waals surface area contributed by atoms with Crippen LogP contribution in [0.25, 0.3) is 0 Å². The Kier molecular flexibility index (Phi) is 2.98. The first-order valence-electron chi connectivity index (χ1n) is 4.73. The molecule has 1 fully saturated rings. The summed E-state index contributed by atoms with van der Waals surface area (Å²) in [6, 6.07) is 0. The second kappa shape index (κ2) is 3.86. The van der Waals surface area contributed by atoms with E-state index in [2.05, 4.69) is 10.5 Å². The van der Waals surface area contributed by atoms with Crippen LogP contribution in [-0.4, -0.2) is 22.5 Å². The van der Waals surface area contributed by atoms with Crippen LogP contribution >= 0.6 is 0 Å². The van der Waals surface area contributed by atoms with Crippen molar-refractivity contribution in [1.29, 1.82) is 0 Å². The van der Waals surface area contributed by atoms with Gasteiger partial charge in [-0.25, -0.2) is 0 Å². The van der Waals surface area contributed by atoms with Gasteiger partial charge in [0.15, 0.2) is 0 Å². The van der Waals surface area contributed by atoms with E-state index in [0.29, 0.717) is 5.92 Å². The quantitative estimate of drug-likeness (QED) is 0.265. The van der Waals surface area contributed by atoms with Crippen LogP contribution in [0.1, 0.15) is 33.1 Å². The third-order valence-corrected chi connectivity index (χ3v) is 2.53. The number of nitrogens with one attached hydrogen (secondary N) is 1. The summed E-state index contributed by atoms with van der Waals surface area (Å²) >= 11 is 0. The largest absolute Gasteiger partial charge is 0.409 e. The molecule has 5 heteroatoms. The number of carbonyl (C=O) groups is 1. The van der Waals surface area contributed by atoms with Crippen molar-refractivity contribution in [3.05, 3.63) is 0 Å². The van der Waals surface area contributed by atoms with Crippen molar-refractivity contribution in [1.82, 2.24) is 5.32 Å². The van der Waals surface area contributed by atoms with Gasteiger partial charge in [-0.15, -0.1) is 0 Å². The van der Waals surface area contributed by atoms with E-state index < -0.39 is 0 Å². The summed E-state index contributed by atoms with van der Waals surface area (Å²) in [5.41, 5.74) is 5.05. The summed E-state index contributed by atoms with van der Waals surface area (Å²) in [5.74, 6) is 0.310. The van der Waals surface area contributed by atoms with E-state index in [9.17, 15) is 4.79 Å². The third-order valence-electron chi connectivity index (χ3n) is 2.53. The molecule has 0 heterocycles. The number of nitrogens with zero attached hydrogens (tertiary/aromatic N) is 1. The Bertz CT molecular complexity index is 257. The molecule has 80 valence electrons. The lowest BCUT2D eigenvalue weighted by molar-refractivity contribution is -0.121. The van der Waals surface area contributed by atoms with Gasteiger partial charge in [-0.05, 0) is 32.6 Å². The topological polar surface area (TPSA) is 87.7 Å². The monoisotopic (exact) mass is 199 g/mol. The molecule has 0 aromatic rings. The molecule has 0 aromatic carbocycles. The minimum absolute atomic E-state index is 0.0490. The molecule has 14 heavy (non-hydrogen) atoms. The summed E-state index contributed by atoms with van der Waals surface area (Å²) in [4.78, 5) is 11.4. The van der Waals surface area contributed by atoms with E-state index in [1.165, 1.54) is 0 Å². The Morgan fingerprint density at radius 2 is 2.21 bits per heavy atom. The van der Waals surface area contributed by atoms with E-state index in [4.69, 9.17) is 10.9 Å². The number of nitrogens with two attached hydrogens (primary N) is 1. The smallest absolute Gasteiger partial charge is 0.228 e. The molecule has 1 saturated carbocycles. The minimum atomic E-state index is -0.197. The molecule has 5 nitrogen and oxygen atoms in total. The first-order chi connectivity index (χ1) is 6.45. The van der Waals surface area contributed by atoms with E-state index >= 15 is 0 Å². The summed E-state index contributed by atoms with van der Waals surface area (Å²) in [5, 5.41) is 13.9. The lowest BCUT2D eigenvalue weighted by atomic mass is 9.98. The number of rotatable bonds is 4. The van der Waals surface area contributed by atoms with Crippen molar-refractivity contribution in [3.63, 3.8) is 0 Å². The zero-order chi connectivity index (χ0) is 10.8. The third kappa shape index (κ3) is 2.90. The molecule has 1 rings (SSSR count). The summed E-state index contributed by atoms with van der Waals surface area (Å²) in [7, 11) is 0. The Hall–Kier alpha value is -1.26. The zero-order valence-electron chi connectivity index (χ0n) is 8.58. The van der Waals surface area contributed by atoms with Crippen LogP contribution in [-0.2, 0) is 4.79 Å². The van der Waals surface area contributed by atoms with Crippen LogP contribution in [0, 0.1) is 5.92 Å². The fourth-order valence-electron chi connectivity index (χ4n) is 1.51. The fourth-order valence-corrected chi connectivity index (χ4v) is 1.51. The first-order valence-corrected chi connectivity index (χ1v) is 4.73. The highest BCUT2D eigenvalue weighted by Crippen LogP contribution is 2.39. The van der Waals surface area contributed by atoms with E-state index in [1.807, 2.05) is 13.8 Å². The molecule has 1 aliphatic rings. The van der Waals surface area contributed by atoms with E-state index in [1.54, 1.807) is 0 Å². The predicted molar refractivity (Wildman–Crippen MR) is 53.0 cm³/mol. The van der Waals surface area contributed by atoms with Gasteiger partial charge in [0.05, 0.1) is 6.42 Å². The lowest BCUT2D eigenvalue weighted by Crippen LogP contribution is -2.46. The van der Waals surface area contributed by atoms with Gasteiger partial charge in [0, 0.05) is 5.54 Å². The normalized spacial score (nSPS) is 18.0. The van der Waals surface area contributed by atoms with Crippen LogP contribution < -0.4 is 11.1 Å². The molecule has 1 amide bonds. The maximum atomic E-state index is 11.4. The molecule has 4 N–H and O–H groups in total. The molecule has 0 aliphatic heterocycles. The maximum absolute atomic E-state index is 11.4. The molecule has 0 bridgehead atoms. The fraction of sp³-hybridized carbons (Fsp3) is 0.778. The van der Waals surface area contributed by atoms with E-state index in [-0.39, 0.29) is 23.7 Å². The van der Waals surface area contributed by atoms with Crippen molar-refractivity contribution in [2.75, 3.05) is 0 Å². The van der Waals surface area contributed by atoms with Crippen LogP contribution in [0.4, 0.5) is 0 Å². The van der Waals surface area contributed by atoms with Crippen molar-refractivity contribution in [2.45, 2.75) is 38.6 Å². The molecule has 0 radical (unpaired) electrons. The SMILES string of the molecule is CC(C)(NC(=O)CC(N)=NO)C1CC1. The first kappa shape index (κ1) is 10.8. The Morgan fingerprint density at radius 3 is 2.64 bits per heavy atom. The molecule has 0 unspecified atom stereocenters. The maximum Gasteiger partial charge on any atom is 0.228 e. The highest BCUT2D eigenvalue weighted by Gasteiger charge is 2.38. The average Bonchev–Trinajstić information content (AvgIpc) is 2.84. The molecule has 0 aromatic heterocycles. The molecule has 0 atom stereocenters. The minimum Gasteiger partial charge on any atom is -0.409 e. The molecule has 0 spiro atoms. The van der Waals surface area contributed by atoms with Gasteiger partial charge >= 0.3 is 0 Å². The van der Waals surface area contributed by atoms with Crippen LogP contribution in [0.15, 0.2) is 5.16 Å². The van der Waals surface area contributed by atoms with Gasteiger partial charge in [-0.1, -0.05) is 5.16 Å². The Morgan fingerprint density at radius 1 is 1.64 bits per heavy atom. The zero-order valence-corrected chi connectivity index (χ0v) is 8.58. The Labute approximate surface area is 83.3 Å². The summed E-state index contributed by atoms with van der Waals surface area (Å²) < 4.78 is 0. The van der Waals surface area contributed by atoms with Crippen molar-refractivity contribution in [3.8, 4) is 0 Å². The second-order valence-corrected chi connectivity index (χ2v) is 4.31. The number of amidine groups is 1. The number of hydrogen-bond donors (Lipinski definition) is 3. The highest BCUT2D eigenvalue weighted by molar-refractivity contribution is 5.98. The second-order valence-electron chi connectivity index (χ2n) is 4.31. The number of hydrogen-bond acceptors (Lipinski definition) is 3. The van der Waals surface area contributed by atoms with Crippen LogP contribution in [0.2, 0.25) is 0 Å². The average molecular weight is 199 g/mol. The molecule has 0 saturated heterocycles. The number of amides is 1. The number of carbonyl (C=O) groups excluding carboxylic acids is 1. The van der Waals surface area contributed by atoms with Gasteiger partial charge in [-0.2, -0.15) is 0 Å². The van der Waals surface area contributed by atoms with Crippen LogP contribution in [0.3, 0.4) is 0 Å². The molecular weight excluding hydrogens is 182 g/mol. The van der Waals surface area contributed by atoms with Gasteiger partial charge in [0.2, 0.25) is 5.91 Å². The van der Waals surface area contributed by atoms with Gasteiger partial charge in [-0.3, -0.25) is 4.79 Å².